The molecule has 124 valence electrons. The van der Waals surface area contributed by atoms with Gasteiger partial charge in [-0.3, -0.25) is 9.59 Å². The molecule has 23 heavy (non-hydrogen) atoms. The second kappa shape index (κ2) is 7.47. The van der Waals surface area contributed by atoms with Gasteiger partial charge in [-0.15, -0.1) is 4.40 Å². The first kappa shape index (κ1) is 17.3. The van der Waals surface area contributed by atoms with Crippen molar-refractivity contribution >= 4 is 44.5 Å². The van der Waals surface area contributed by atoms with E-state index in [1.807, 2.05) is 0 Å². The predicted molar refractivity (Wildman–Crippen MR) is 86.8 cm³/mol. The topological polar surface area (TPSA) is 114 Å². The summed E-state index contributed by atoms with van der Waals surface area (Å²) in [4.78, 5) is 22.8. The average molecular weight is 357 g/mol. The molecule has 0 fully saturated rings. The summed E-state index contributed by atoms with van der Waals surface area (Å²) in [6, 6.07) is 6.37. The highest BCUT2D eigenvalue weighted by molar-refractivity contribution is 8.15. The second-order valence-corrected chi connectivity index (χ2v) is 6.90. The van der Waals surface area contributed by atoms with Crippen LogP contribution in [-0.2, 0) is 24.3 Å². The SMILES string of the molecule is CCOC(=O)CNC(=O)CSC1=NS(=O)(=O)c2ccccc2N1. The second-order valence-electron chi connectivity index (χ2n) is 4.36. The first-order valence-corrected chi connectivity index (χ1v) is 9.11. The molecule has 0 saturated heterocycles. The van der Waals surface area contributed by atoms with Crippen LogP contribution in [-0.4, -0.2) is 44.4 Å². The van der Waals surface area contributed by atoms with E-state index in [4.69, 9.17) is 0 Å². The molecule has 0 spiro atoms. The molecule has 1 aromatic rings. The number of hydrogen-bond acceptors (Lipinski definition) is 7. The molecule has 1 aliphatic rings. The van der Waals surface area contributed by atoms with Crippen LogP contribution in [0.15, 0.2) is 33.6 Å². The van der Waals surface area contributed by atoms with Crippen LogP contribution in [0, 0.1) is 0 Å². The van der Waals surface area contributed by atoms with E-state index in [9.17, 15) is 18.0 Å². The van der Waals surface area contributed by atoms with Crippen molar-refractivity contribution in [3.8, 4) is 0 Å². The van der Waals surface area contributed by atoms with Crippen LogP contribution in [0.5, 0.6) is 0 Å². The fraction of sp³-hybridized carbons (Fsp3) is 0.308. The molecule has 0 unspecified atom stereocenters. The molecule has 2 rings (SSSR count). The molecule has 1 aliphatic heterocycles. The van der Waals surface area contributed by atoms with Crippen molar-refractivity contribution in [1.82, 2.24) is 5.32 Å². The van der Waals surface area contributed by atoms with Gasteiger partial charge in [0.1, 0.15) is 11.4 Å². The number of amides is 1. The Balaban J connectivity index is 1.91. The Hall–Kier alpha value is -2.07. The number of ether oxygens (including phenoxy) is 1. The number of amidine groups is 1. The van der Waals surface area contributed by atoms with Gasteiger partial charge >= 0.3 is 5.97 Å². The Labute approximate surface area is 137 Å². The highest BCUT2D eigenvalue weighted by Crippen LogP contribution is 2.28. The van der Waals surface area contributed by atoms with Crippen molar-refractivity contribution in [2.24, 2.45) is 4.40 Å². The van der Waals surface area contributed by atoms with Crippen molar-refractivity contribution in [1.29, 1.82) is 0 Å². The summed E-state index contributed by atoms with van der Waals surface area (Å²) < 4.78 is 32.3. The zero-order valence-corrected chi connectivity index (χ0v) is 13.9. The summed E-state index contributed by atoms with van der Waals surface area (Å²) in [7, 11) is -3.77. The van der Waals surface area contributed by atoms with Crippen molar-refractivity contribution in [3.05, 3.63) is 24.3 Å². The van der Waals surface area contributed by atoms with E-state index < -0.39 is 21.9 Å². The van der Waals surface area contributed by atoms with Gasteiger partial charge in [-0.05, 0) is 19.1 Å². The smallest absolute Gasteiger partial charge is 0.325 e. The Morgan fingerprint density at radius 3 is 2.83 bits per heavy atom. The Morgan fingerprint density at radius 2 is 2.09 bits per heavy atom. The summed E-state index contributed by atoms with van der Waals surface area (Å²) in [6.45, 7) is 1.68. The number of nitrogens with zero attached hydrogens (tertiary/aromatic N) is 1. The summed E-state index contributed by atoms with van der Waals surface area (Å²) >= 11 is 0.932. The fourth-order valence-electron chi connectivity index (χ4n) is 1.72. The maximum Gasteiger partial charge on any atom is 0.325 e. The number of rotatable bonds is 5. The van der Waals surface area contributed by atoms with Gasteiger partial charge < -0.3 is 15.4 Å². The molecule has 1 amide bonds. The highest BCUT2D eigenvalue weighted by atomic mass is 32.2. The fourth-order valence-corrected chi connectivity index (χ4v) is 3.79. The number of fused-ring (bicyclic) bond motifs is 1. The number of benzene rings is 1. The summed E-state index contributed by atoms with van der Waals surface area (Å²) in [5.74, 6) is -1.04. The molecule has 0 aliphatic carbocycles. The lowest BCUT2D eigenvalue weighted by Crippen LogP contribution is -2.32. The lowest BCUT2D eigenvalue weighted by Gasteiger charge is -2.17. The van der Waals surface area contributed by atoms with E-state index in [0.29, 0.717) is 5.69 Å². The number of anilines is 1. The molecule has 0 radical (unpaired) electrons. The Morgan fingerprint density at radius 1 is 1.35 bits per heavy atom. The molecule has 10 heteroatoms. The number of sulfonamides is 1. The monoisotopic (exact) mass is 357 g/mol. The number of carbonyl (C=O) groups is 2. The van der Waals surface area contributed by atoms with Gasteiger partial charge in [-0.25, -0.2) is 0 Å². The molecule has 0 aromatic heterocycles. The minimum atomic E-state index is -3.77. The number of thioether (sulfide) groups is 1. The quantitative estimate of drug-likeness (QED) is 0.741. The standard InChI is InChI=1S/C13H15N3O5S2/c1-2-21-12(18)7-14-11(17)8-22-13-15-9-5-3-4-6-10(9)23(19,20)16-13/h3-6H,2,7-8H2,1H3,(H,14,17)(H,15,16). The van der Waals surface area contributed by atoms with Gasteiger partial charge in [0.15, 0.2) is 5.17 Å². The number of esters is 1. The molecule has 1 heterocycles. The number of carbonyl (C=O) groups excluding carboxylic acids is 2. The highest BCUT2D eigenvalue weighted by Gasteiger charge is 2.24. The Bertz CT molecular complexity index is 746. The van der Waals surface area contributed by atoms with Gasteiger partial charge in [0.05, 0.1) is 18.0 Å². The Kier molecular flexibility index (Phi) is 5.61. The van der Waals surface area contributed by atoms with E-state index in [2.05, 4.69) is 19.8 Å². The van der Waals surface area contributed by atoms with Crippen LogP contribution in [0.3, 0.4) is 0 Å². The van der Waals surface area contributed by atoms with Crippen molar-refractivity contribution in [2.75, 3.05) is 24.2 Å². The van der Waals surface area contributed by atoms with E-state index in [1.54, 1.807) is 25.1 Å². The van der Waals surface area contributed by atoms with Crippen molar-refractivity contribution in [2.45, 2.75) is 11.8 Å². The van der Waals surface area contributed by atoms with Gasteiger partial charge in [0.2, 0.25) is 5.91 Å². The van der Waals surface area contributed by atoms with Crippen LogP contribution < -0.4 is 10.6 Å². The average Bonchev–Trinajstić information content (AvgIpc) is 2.51. The third-order valence-electron chi connectivity index (χ3n) is 2.68. The third kappa shape index (κ3) is 4.70. The van der Waals surface area contributed by atoms with E-state index >= 15 is 0 Å². The van der Waals surface area contributed by atoms with Gasteiger partial charge in [-0.2, -0.15) is 8.42 Å². The molecule has 0 saturated carbocycles. The molecule has 0 bridgehead atoms. The predicted octanol–water partition coefficient (Wildman–Crippen LogP) is 0.569. The molecular formula is C13H15N3O5S2. The summed E-state index contributed by atoms with van der Waals surface area (Å²) in [5.41, 5.74) is 0.414. The van der Waals surface area contributed by atoms with Gasteiger partial charge in [-0.1, -0.05) is 23.9 Å². The minimum Gasteiger partial charge on any atom is -0.465 e. The van der Waals surface area contributed by atoms with E-state index in [0.717, 1.165) is 11.8 Å². The maximum atomic E-state index is 12.0. The molecule has 1 aromatic carbocycles. The maximum absolute atomic E-state index is 12.0. The summed E-state index contributed by atoms with van der Waals surface area (Å²) in [5, 5.41) is 5.34. The van der Waals surface area contributed by atoms with E-state index in [-0.39, 0.29) is 29.0 Å². The van der Waals surface area contributed by atoms with Crippen LogP contribution >= 0.6 is 11.8 Å². The van der Waals surface area contributed by atoms with Gasteiger partial charge in [0.25, 0.3) is 10.0 Å². The molecule has 8 nitrogen and oxygen atoms in total. The van der Waals surface area contributed by atoms with Gasteiger partial charge in [0, 0.05) is 0 Å². The molecular weight excluding hydrogens is 342 g/mol. The third-order valence-corrected chi connectivity index (χ3v) is 5.01. The van der Waals surface area contributed by atoms with Crippen LogP contribution in [0.2, 0.25) is 0 Å². The first-order valence-electron chi connectivity index (χ1n) is 6.68. The van der Waals surface area contributed by atoms with Crippen molar-refractivity contribution < 1.29 is 22.7 Å². The lowest BCUT2D eigenvalue weighted by molar-refractivity contribution is -0.143. The largest absolute Gasteiger partial charge is 0.465 e. The summed E-state index contributed by atoms with van der Waals surface area (Å²) in [6.07, 6.45) is 0. The normalized spacial score (nSPS) is 14.9. The van der Waals surface area contributed by atoms with E-state index in [1.165, 1.54) is 6.07 Å². The molecule has 0 atom stereocenters. The van der Waals surface area contributed by atoms with Crippen LogP contribution in [0.1, 0.15) is 6.92 Å². The number of nitrogens with one attached hydrogen (secondary N) is 2. The van der Waals surface area contributed by atoms with Crippen molar-refractivity contribution in [3.63, 3.8) is 0 Å². The minimum absolute atomic E-state index is 0.0804. The van der Waals surface area contributed by atoms with Crippen LogP contribution in [0.4, 0.5) is 5.69 Å². The number of hydrogen-bond donors (Lipinski definition) is 2. The van der Waals surface area contributed by atoms with Crippen LogP contribution in [0.25, 0.3) is 0 Å². The zero-order valence-electron chi connectivity index (χ0n) is 12.2. The molecule has 2 N–H and O–H groups in total. The number of para-hydroxylation sites is 1. The lowest BCUT2D eigenvalue weighted by atomic mass is 10.3. The zero-order chi connectivity index (χ0) is 16.9. The first-order chi connectivity index (χ1) is 10.9.